The number of carbonyl (C=O) groups excluding carboxylic acids is 1. The molecule has 0 N–H and O–H groups in total. The SMILES string of the molecule is COc1ccc([C@@H]2CC(=O)c3cc(C)ccc3O2)cc1OC. The second-order valence-corrected chi connectivity index (χ2v) is 5.35. The van der Waals surface area contributed by atoms with Crippen molar-refractivity contribution in [2.24, 2.45) is 0 Å². The molecular formula is C18H18O4. The number of hydrogen-bond acceptors (Lipinski definition) is 4. The topological polar surface area (TPSA) is 44.8 Å². The van der Waals surface area contributed by atoms with Gasteiger partial charge < -0.3 is 14.2 Å². The summed E-state index contributed by atoms with van der Waals surface area (Å²) < 4.78 is 16.5. The van der Waals surface area contributed by atoms with Gasteiger partial charge in [0, 0.05) is 0 Å². The minimum Gasteiger partial charge on any atom is -0.493 e. The van der Waals surface area contributed by atoms with Gasteiger partial charge in [0.2, 0.25) is 0 Å². The number of benzene rings is 2. The summed E-state index contributed by atoms with van der Waals surface area (Å²) in [7, 11) is 3.18. The summed E-state index contributed by atoms with van der Waals surface area (Å²) in [6.07, 6.45) is 0.0221. The Bertz CT molecular complexity index is 721. The molecule has 2 aromatic rings. The van der Waals surface area contributed by atoms with Crippen LogP contribution in [0, 0.1) is 6.92 Å². The molecule has 2 aromatic carbocycles. The van der Waals surface area contributed by atoms with Crippen LogP contribution < -0.4 is 14.2 Å². The van der Waals surface area contributed by atoms with Crippen molar-refractivity contribution in [1.29, 1.82) is 0 Å². The summed E-state index contributed by atoms with van der Waals surface area (Å²) in [5, 5.41) is 0. The molecule has 0 aliphatic carbocycles. The fourth-order valence-electron chi connectivity index (χ4n) is 2.68. The Morgan fingerprint density at radius 1 is 1.05 bits per heavy atom. The number of ketones is 1. The van der Waals surface area contributed by atoms with Gasteiger partial charge in [-0.2, -0.15) is 0 Å². The highest BCUT2D eigenvalue weighted by Crippen LogP contribution is 2.38. The summed E-state index contributed by atoms with van der Waals surface area (Å²) >= 11 is 0. The minimum absolute atomic E-state index is 0.102. The van der Waals surface area contributed by atoms with Crippen LogP contribution in [0.25, 0.3) is 0 Å². The first kappa shape index (κ1) is 14.4. The third-order valence-electron chi connectivity index (χ3n) is 3.85. The molecule has 0 saturated heterocycles. The quantitative estimate of drug-likeness (QED) is 0.866. The monoisotopic (exact) mass is 298 g/mol. The van der Waals surface area contributed by atoms with Gasteiger partial charge in [0.1, 0.15) is 11.9 Å². The lowest BCUT2D eigenvalue weighted by Crippen LogP contribution is -2.20. The van der Waals surface area contributed by atoms with Crippen LogP contribution >= 0.6 is 0 Å². The number of carbonyl (C=O) groups is 1. The van der Waals surface area contributed by atoms with E-state index in [1.165, 1.54) is 0 Å². The van der Waals surface area contributed by atoms with Crippen LogP contribution in [0.3, 0.4) is 0 Å². The van der Waals surface area contributed by atoms with E-state index in [0.29, 0.717) is 29.2 Å². The summed E-state index contributed by atoms with van der Waals surface area (Å²) in [5.41, 5.74) is 2.62. The first-order valence-electron chi connectivity index (χ1n) is 7.15. The molecule has 1 heterocycles. The molecule has 0 aromatic heterocycles. The van der Waals surface area contributed by atoms with E-state index < -0.39 is 0 Å². The fraction of sp³-hybridized carbons (Fsp3) is 0.278. The molecule has 0 radical (unpaired) electrons. The second kappa shape index (κ2) is 5.72. The average molecular weight is 298 g/mol. The highest BCUT2D eigenvalue weighted by Gasteiger charge is 2.28. The summed E-state index contributed by atoms with van der Waals surface area (Å²) in [5.74, 6) is 2.03. The van der Waals surface area contributed by atoms with Crippen LogP contribution in [-0.2, 0) is 0 Å². The van der Waals surface area contributed by atoms with E-state index >= 15 is 0 Å². The molecule has 0 bridgehead atoms. The predicted molar refractivity (Wildman–Crippen MR) is 83.0 cm³/mol. The molecule has 3 rings (SSSR count). The molecule has 1 atom stereocenters. The first-order valence-corrected chi connectivity index (χ1v) is 7.15. The van der Waals surface area contributed by atoms with E-state index in [1.54, 1.807) is 14.2 Å². The smallest absolute Gasteiger partial charge is 0.170 e. The number of ether oxygens (including phenoxy) is 3. The van der Waals surface area contributed by atoms with Crippen molar-refractivity contribution in [2.45, 2.75) is 19.4 Å². The van der Waals surface area contributed by atoms with Crippen molar-refractivity contribution < 1.29 is 19.0 Å². The van der Waals surface area contributed by atoms with Gasteiger partial charge in [-0.05, 0) is 36.8 Å². The van der Waals surface area contributed by atoms with E-state index in [2.05, 4.69) is 0 Å². The number of fused-ring (bicyclic) bond motifs is 1. The molecular weight excluding hydrogens is 280 g/mol. The number of hydrogen-bond donors (Lipinski definition) is 0. The first-order chi connectivity index (χ1) is 10.6. The molecule has 4 nitrogen and oxygen atoms in total. The maximum Gasteiger partial charge on any atom is 0.170 e. The molecule has 0 unspecified atom stereocenters. The van der Waals surface area contributed by atoms with Crippen LogP contribution in [0.15, 0.2) is 36.4 Å². The molecule has 1 aliphatic heterocycles. The van der Waals surface area contributed by atoms with Crippen molar-refractivity contribution >= 4 is 5.78 Å². The van der Waals surface area contributed by atoms with Crippen LogP contribution in [0.2, 0.25) is 0 Å². The number of methoxy groups -OCH3 is 2. The Morgan fingerprint density at radius 3 is 2.55 bits per heavy atom. The van der Waals surface area contributed by atoms with E-state index in [9.17, 15) is 4.79 Å². The van der Waals surface area contributed by atoms with Gasteiger partial charge in [-0.3, -0.25) is 4.79 Å². The molecule has 114 valence electrons. The third kappa shape index (κ3) is 2.52. The lowest BCUT2D eigenvalue weighted by atomic mass is 9.95. The Morgan fingerprint density at radius 2 is 1.82 bits per heavy atom. The minimum atomic E-state index is -0.303. The zero-order valence-corrected chi connectivity index (χ0v) is 12.9. The molecule has 0 spiro atoms. The number of Topliss-reactive ketones (excluding diaryl/α,β-unsaturated/α-hetero) is 1. The van der Waals surface area contributed by atoms with E-state index in [4.69, 9.17) is 14.2 Å². The van der Waals surface area contributed by atoms with Gasteiger partial charge in [0.05, 0.1) is 26.2 Å². The van der Waals surface area contributed by atoms with Crippen molar-refractivity contribution in [3.8, 4) is 17.2 Å². The van der Waals surface area contributed by atoms with Gasteiger partial charge in [-0.1, -0.05) is 17.7 Å². The lowest BCUT2D eigenvalue weighted by molar-refractivity contribution is 0.0849. The third-order valence-corrected chi connectivity index (χ3v) is 3.85. The number of rotatable bonds is 3. The summed E-state index contributed by atoms with van der Waals surface area (Å²) in [4.78, 5) is 12.4. The fourth-order valence-corrected chi connectivity index (χ4v) is 2.68. The Kier molecular flexibility index (Phi) is 3.75. The van der Waals surface area contributed by atoms with E-state index in [0.717, 1.165) is 11.1 Å². The Balaban J connectivity index is 1.94. The van der Waals surface area contributed by atoms with Crippen molar-refractivity contribution in [3.05, 3.63) is 53.1 Å². The second-order valence-electron chi connectivity index (χ2n) is 5.35. The maximum absolute atomic E-state index is 12.4. The Labute approximate surface area is 129 Å². The van der Waals surface area contributed by atoms with Crippen LogP contribution in [0.1, 0.15) is 34.0 Å². The molecule has 0 saturated carbocycles. The highest BCUT2D eigenvalue weighted by molar-refractivity contribution is 6.00. The molecule has 4 heteroatoms. The summed E-state index contributed by atoms with van der Waals surface area (Å²) in [6, 6.07) is 11.3. The largest absolute Gasteiger partial charge is 0.493 e. The van der Waals surface area contributed by atoms with E-state index in [1.807, 2.05) is 43.3 Å². The standard InChI is InChI=1S/C18H18O4/c1-11-4-6-15-13(8-11)14(19)10-17(22-15)12-5-7-16(20-2)18(9-12)21-3/h4-9,17H,10H2,1-3H3/t17-/m0/s1. The molecule has 1 aliphatic rings. The van der Waals surface area contributed by atoms with Crippen molar-refractivity contribution in [3.63, 3.8) is 0 Å². The predicted octanol–water partition coefficient (Wildman–Crippen LogP) is 3.72. The molecule has 22 heavy (non-hydrogen) atoms. The van der Waals surface area contributed by atoms with Crippen LogP contribution in [-0.4, -0.2) is 20.0 Å². The van der Waals surface area contributed by atoms with Gasteiger partial charge in [0.25, 0.3) is 0 Å². The zero-order chi connectivity index (χ0) is 15.7. The van der Waals surface area contributed by atoms with Crippen LogP contribution in [0.4, 0.5) is 0 Å². The number of aryl methyl sites for hydroxylation is 1. The van der Waals surface area contributed by atoms with Gasteiger partial charge in [-0.25, -0.2) is 0 Å². The van der Waals surface area contributed by atoms with Gasteiger partial charge in [0.15, 0.2) is 17.3 Å². The lowest BCUT2D eigenvalue weighted by Gasteiger charge is -2.26. The van der Waals surface area contributed by atoms with Gasteiger partial charge in [-0.15, -0.1) is 0 Å². The maximum atomic E-state index is 12.4. The van der Waals surface area contributed by atoms with Crippen molar-refractivity contribution in [1.82, 2.24) is 0 Å². The van der Waals surface area contributed by atoms with Crippen LogP contribution in [0.5, 0.6) is 17.2 Å². The van der Waals surface area contributed by atoms with Crippen molar-refractivity contribution in [2.75, 3.05) is 14.2 Å². The highest BCUT2D eigenvalue weighted by atomic mass is 16.5. The van der Waals surface area contributed by atoms with E-state index in [-0.39, 0.29) is 11.9 Å². The Hall–Kier alpha value is -2.49. The molecule has 0 amide bonds. The zero-order valence-electron chi connectivity index (χ0n) is 12.9. The average Bonchev–Trinajstić information content (AvgIpc) is 2.54. The normalized spacial score (nSPS) is 16.7. The summed E-state index contributed by atoms with van der Waals surface area (Å²) in [6.45, 7) is 1.97. The molecule has 0 fully saturated rings. The van der Waals surface area contributed by atoms with Gasteiger partial charge >= 0.3 is 0 Å².